The molecule has 1 aromatic heterocycles. The second-order valence-electron chi connectivity index (χ2n) is 3.09. The van der Waals surface area contributed by atoms with Crippen LogP contribution in [0.2, 0.25) is 0 Å². The van der Waals surface area contributed by atoms with E-state index in [4.69, 9.17) is 4.42 Å². The molecule has 70 valence electrons. The van der Waals surface area contributed by atoms with Crippen molar-refractivity contribution >= 4 is 13.3 Å². The van der Waals surface area contributed by atoms with Gasteiger partial charge in [0.2, 0.25) is 11.8 Å². The molecule has 0 saturated carbocycles. The van der Waals surface area contributed by atoms with Crippen molar-refractivity contribution < 1.29 is 8.81 Å². The number of hydrogen-bond donors (Lipinski definition) is 0. The highest BCUT2D eigenvalue weighted by Crippen LogP contribution is 2.16. The number of rotatable bonds is 1. The van der Waals surface area contributed by atoms with Gasteiger partial charge in [-0.25, -0.2) is 4.39 Å². The summed E-state index contributed by atoms with van der Waals surface area (Å²) in [6.45, 7) is 1.72. The molecule has 2 aromatic rings. The summed E-state index contributed by atoms with van der Waals surface area (Å²) in [4.78, 5) is 0. The van der Waals surface area contributed by atoms with Crippen molar-refractivity contribution in [3.05, 3.63) is 29.9 Å². The van der Waals surface area contributed by atoms with Crippen molar-refractivity contribution in [1.29, 1.82) is 0 Å². The highest BCUT2D eigenvalue weighted by Gasteiger charge is 2.07. The third-order valence-corrected chi connectivity index (χ3v) is 1.93. The van der Waals surface area contributed by atoms with Crippen LogP contribution < -0.4 is 5.46 Å². The number of hydrogen-bond acceptors (Lipinski definition) is 3. The van der Waals surface area contributed by atoms with E-state index >= 15 is 0 Å². The van der Waals surface area contributed by atoms with Gasteiger partial charge in [-0.1, -0.05) is 11.5 Å². The Morgan fingerprint density at radius 1 is 1.36 bits per heavy atom. The van der Waals surface area contributed by atoms with E-state index in [0.29, 0.717) is 17.2 Å². The van der Waals surface area contributed by atoms with Crippen molar-refractivity contribution in [3.63, 3.8) is 0 Å². The molecule has 1 aromatic carbocycles. The fourth-order valence-electron chi connectivity index (χ4n) is 1.19. The van der Waals surface area contributed by atoms with Gasteiger partial charge in [-0.3, -0.25) is 0 Å². The predicted octanol–water partition coefficient (Wildman–Crippen LogP) is 0.443. The van der Waals surface area contributed by atoms with Crippen molar-refractivity contribution in [2.45, 2.75) is 6.92 Å². The van der Waals surface area contributed by atoms with Crippen LogP contribution in [-0.4, -0.2) is 18.0 Å². The molecule has 1 heterocycles. The zero-order chi connectivity index (χ0) is 10.1. The zero-order valence-corrected chi connectivity index (χ0v) is 7.91. The Labute approximate surface area is 81.4 Å². The van der Waals surface area contributed by atoms with Crippen LogP contribution in [0.4, 0.5) is 4.39 Å². The van der Waals surface area contributed by atoms with Gasteiger partial charge in [0.15, 0.2) is 0 Å². The van der Waals surface area contributed by atoms with Gasteiger partial charge in [0.05, 0.1) is 0 Å². The monoisotopic (exact) mass is 190 g/mol. The van der Waals surface area contributed by atoms with Crippen LogP contribution in [0.1, 0.15) is 5.89 Å². The van der Waals surface area contributed by atoms with Crippen LogP contribution in [-0.2, 0) is 0 Å². The highest BCUT2D eigenvalue weighted by molar-refractivity contribution is 6.32. The lowest BCUT2D eigenvalue weighted by molar-refractivity contribution is 0.532. The molecule has 3 nitrogen and oxygen atoms in total. The van der Waals surface area contributed by atoms with Crippen molar-refractivity contribution in [2.24, 2.45) is 0 Å². The van der Waals surface area contributed by atoms with Gasteiger partial charge in [-0.2, -0.15) is 0 Å². The molecule has 0 atom stereocenters. The van der Waals surface area contributed by atoms with E-state index in [1.807, 2.05) is 0 Å². The molecule has 0 radical (unpaired) electrons. The van der Waals surface area contributed by atoms with E-state index in [-0.39, 0.29) is 5.82 Å². The van der Waals surface area contributed by atoms with E-state index in [0.717, 1.165) is 5.56 Å². The minimum atomic E-state index is -0.231. The molecule has 0 fully saturated rings. The number of halogens is 1. The summed E-state index contributed by atoms with van der Waals surface area (Å²) in [7, 11) is 1.70. The maximum absolute atomic E-state index is 13.0. The van der Waals surface area contributed by atoms with Crippen LogP contribution in [0.15, 0.2) is 22.6 Å². The Balaban J connectivity index is 2.47. The van der Waals surface area contributed by atoms with Crippen molar-refractivity contribution in [3.8, 4) is 11.5 Å². The molecule has 0 unspecified atom stereocenters. The van der Waals surface area contributed by atoms with Crippen LogP contribution in [0, 0.1) is 12.7 Å². The summed E-state index contributed by atoms with van der Waals surface area (Å²) in [6, 6.07) is 4.70. The highest BCUT2D eigenvalue weighted by atomic mass is 19.1. The molecule has 0 bridgehead atoms. The smallest absolute Gasteiger partial charge is 0.247 e. The van der Waals surface area contributed by atoms with E-state index in [1.165, 1.54) is 6.07 Å². The first kappa shape index (κ1) is 8.93. The maximum Gasteiger partial charge on any atom is 0.247 e. The molecule has 0 aliphatic heterocycles. The largest absolute Gasteiger partial charge is 0.421 e. The van der Waals surface area contributed by atoms with Gasteiger partial charge in [0.1, 0.15) is 13.7 Å². The summed E-state index contributed by atoms with van der Waals surface area (Å²) in [5.41, 5.74) is 1.31. The predicted molar refractivity (Wildman–Crippen MR) is 52.6 cm³/mol. The Hall–Kier alpha value is -1.65. The van der Waals surface area contributed by atoms with Gasteiger partial charge in [-0.05, 0) is 12.1 Å². The molecular weight excluding hydrogens is 182 g/mol. The molecule has 5 heteroatoms. The van der Waals surface area contributed by atoms with Gasteiger partial charge in [-0.15, -0.1) is 10.2 Å². The van der Waals surface area contributed by atoms with Crippen LogP contribution in [0.25, 0.3) is 11.5 Å². The zero-order valence-electron chi connectivity index (χ0n) is 7.91. The number of benzene rings is 1. The third kappa shape index (κ3) is 1.53. The van der Waals surface area contributed by atoms with Gasteiger partial charge >= 0.3 is 0 Å². The molecule has 0 aliphatic rings. The molecule has 0 aliphatic carbocycles. The van der Waals surface area contributed by atoms with E-state index in [1.54, 1.807) is 26.9 Å². The van der Waals surface area contributed by atoms with E-state index in [2.05, 4.69) is 10.2 Å². The summed E-state index contributed by atoms with van der Waals surface area (Å²) < 4.78 is 18.2. The fraction of sp³-hybridized carbons (Fsp3) is 0.111. The van der Waals surface area contributed by atoms with Gasteiger partial charge < -0.3 is 4.42 Å². The summed E-state index contributed by atoms with van der Waals surface area (Å²) in [5.74, 6) is 0.692. The molecule has 14 heavy (non-hydrogen) atoms. The normalized spacial score (nSPS) is 10.4. The minimum Gasteiger partial charge on any atom is -0.421 e. The lowest BCUT2D eigenvalue weighted by Gasteiger charge is -1.98. The topological polar surface area (TPSA) is 38.9 Å². The van der Waals surface area contributed by atoms with Crippen molar-refractivity contribution in [2.75, 3.05) is 0 Å². The number of aryl methyl sites for hydroxylation is 1. The second kappa shape index (κ2) is 3.25. The molecular formula is C9H8BFN2O. The summed E-state index contributed by atoms with van der Waals surface area (Å²) in [5, 5.41) is 7.55. The van der Waals surface area contributed by atoms with Crippen LogP contribution in [0.5, 0.6) is 0 Å². The number of nitrogens with zero attached hydrogens (tertiary/aromatic N) is 2. The SMILES string of the molecule is Bc1cc(-c2nnc(C)o2)ccc1F. The lowest BCUT2D eigenvalue weighted by Crippen LogP contribution is -2.07. The molecule has 0 spiro atoms. The van der Waals surface area contributed by atoms with E-state index < -0.39 is 0 Å². The average molecular weight is 190 g/mol. The summed E-state index contributed by atoms with van der Waals surface area (Å²) in [6.07, 6.45) is 0. The Morgan fingerprint density at radius 2 is 2.14 bits per heavy atom. The average Bonchev–Trinajstić information content (AvgIpc) is 2.57. The molecule has 0 N–H and O–H groups in total. The van der Waals surface area contributed by atoms with Crippen LogP contribution >= 0.6 is 0 Å². The number of aromatic nitrogens is 2. The standard InChI is InChI=1S/C9H8BFN2O/c1-5-12-13-9(14-5)6-2-3-8(11)7(10)4-6/h2-4H,10H2,1H3. The van der Waals surface area contributed by atoms with E-state index in [9.17, 15) is 4.39 Å². The first-order chi connectivity index (χ1) is 6.66. The third-order valence-electron chi connectivity index (χ3n) is 1.93. The van der Waals surface area contributed by atoms with Crippen LogP contribution in [0.3, 0.4) is 0 Å². The van der Waals surface area contributed by atoms with Crippen molar-refractivity contribution in [1.82, 2.24) is 10.2 Å². The minimum absolute atomic E-state index is 0.231. The Kier molecular flexibility index (Phi) is 2.07. The second-order valence-corrected chi connectivity index (χ2v) is 3.09. The Morgan fingerprint density at radius 3 is 2.71 bits per heavy atom. The maximum atomic E-state index is 13.0. The van der Waals surface area contributed by atoms with Gasteiger partial charge in [0.25, 0.3) is 0 Å². The molecule has 0 saturated heterocycles. The van der Waals surface area contributed by atoms with Gasteiger partial charge in [0, 0.05) is 12.5 Å². The fourth-order valence-corrected chi connectivity index (χ4v) is 1.19. The first-order valence-electron chi connectivity index (χ1n) is 4.23. The molecule has 0 amide bonds. The lowest BCUT2D eigenvalue weighted by atomic mass is 9.94. The summed E-state index contributed by atoms with van der Waals surface area (Å²) >= 11 is 0. The Bertz CT molecular complexity index is 470. The quantitative estimate of drug-likeness (QED) is 0.612. The molecule has 2 rings (SSSR count). The first-order valence-corrected chi connectivity index (χ1v) is 4.23.